The second-order valence-corrected chi connectivity index (χ2v) is 14.5. The molecule has 0 unspecified atom stereocenters. The van der Waals surface area contributed by atoms with Gasteiger partial charge in [0.05, 0.1) is 6.04 Å². The summed E-state index contributed by atoms with van der Waals surface area (Å²) >= 11 is 0. The van der Waals surface area contributed by atoms with Gasteiger partial charge in [0.2, 0.25) is 65.0 Å². The largest absolute Gasteiger partial charge is 0.368 e. The van der Waals surface area contributed by atoms with Crippen LogP contribution in [0.25, 0.3) is 0 Å². The average Bonchev–Trinajstić information content (AvgIpc) is 3.12. The topological polar surface area (TPSA) is 360 Å². The van der Waals surface area contributed by atoms with Gasteiger partial charge in [-0.2, -0.15) is 0 Å². The number of amides is 11. The minimum Gasteiger partial charge on any atom is -0.368 e. The first-order valence-corrected chi connectivity index (χ1v) is 18.7. The van der Waals surface area contributed by atoms with Crippen LogP contribution in [-0.2, 0) is 52.7 Å². The third kappa shape index (κ3) is 17.9. The summed E-state index contributed by atoms with van der Waals surface area (Å²) in [6, 6.07) is -12.0. The molecule has 0 aliphatic heterocycles. The van der Waals surface area contributed by atoms with Gasteiger partial charge in [0, 0.05) is 0 Å². The molecule has 0 radical (unpaired) electrons. The lowest BCUT2D eigenvalue weighted by atomic mass is 10.0. The molecule has 0 bridgehead atoms. The molecule has 23 nitrogen and oxygen atoms in total. The maximum atomic E-state index is 12.8. The van der Waals surface area contributed by atoms with E-state index in [0.717, 1.165) is 0 Å². The van der Waals surface area contributed by atoms with Crippen LogP contribution in [0.15, 0.2) is 0 Å². The van der Waals surface area contributed by atoms with Gasteiger partial charge in [0.1, 0.15) is 60.4 Å². The lowest BCUT2D eigenvalue weighted by molar-refractivity contribution is -0.135. The number of nitrogens with one attached hydrogen (secondary N) is 10. The molecule has 0 aromatic rings. The molecule has 0 saturated heterocycles. The summed E-state index contributed by atoms with van der Waals surface area (Å²) in [5.41, 5.74) is 10.8. The fourth-order valence-electron chi connectivity index (χ4n) is 4.49. The predicted octanol–water partition coefficient (Wildman–Crippen LogP) is -5.50. The normalized spacial score (nSPS) is 16.6. The van der Waals surface area contributed by atoms with Crippen LogP contribution in [0.4, 0.5) is 0 Å². The van der Waals surface area contributed by atoms with Crippen molar-refractivity contribution in [3.63, 3.8) is 0 Å². The average molecular weight is 827 g/mol. The smallest absolute Gasteiger partial charge is 0.242 e. The number of carbonyl (C=O) groups is 11. The summed E-state index contributed by atoms with van der Waals surface area (Å²) in [5.74, 6) is -8.26. The summed E-state index contributed by atoms with van der Waals surface area (Å²) in [7, 11) is 0. The number of carbonyl (C=O) groups excluding carboxylic acids is 11. The lowest BCUT2D eigenvalue weighted by Crippen LogP contribution is -2.58. The van der Waals surface area contributed by atoms with E-state index in [-0.39, 0.29) is 5.92 Å². The highest BCUT2D eigenvalue weighted by atomic mass is 16.2. The molecular formula is C35H62N12O11. The molecule has 11 amide bonds. The molecule has 11 atom stereocenters. The van der Waals surface area contributed by atoms with Gasteiger partial charge in [-0.1, -0.05) is 13.8 Å². The lowest BCUT2D eigenvalue weighted by Gasteiger charge is -2.24. The zero-order chi connectivity index (χ0) is 45.4. The van der Waals surface area contributed by atoms with Gasteiger partial charge in [-0.15, -0.1) is 0 Å². The minimum absolute atomic E-state index is 0.296. The minimum atomic E-state index is -1.19. The number of rotatable bonds is 22. The van der Waals surface area contributed by atoms with Crippen molar-refractivity contribution in [3.05, 3.63) is 0 Å². The Balaban J connectivity index is 4.92. The molecule has 0 aromatic carbocycles. The molecule has 0 fully saturated rings. The standard InChI is InChI=1S/C35H62N12O11/c1-13(2)24(25(37)48)47-35(58)23(12)46-34(57)22(11)45-33(56)21(10)44-32(55)20(9)43-31(54)19(8)42-30(53)18(7)41-29(52)17(6)40-28(51)16(5)39-27(50)15(4)38-26(49)14(3)36/h13-24H,36H2,1-12H3,(H2,37,48)(H,38,49)(H,39,50)(H,40,51)(H,41,52)(H,42,53)(H,43,54)(H,44,55)(H,45,56)(H,46,57)(H,47,58)/t14-,15-,16-,17-,18-,19-,20-,21-,22-,23-,24-/m0/s1. The summed E-state index contributed by atoms with van der Waals surface area (Å²) in [5, 5.41) is 24.0. The van der Waals surface area contributed by atoms with Gasteiger partial charge >= 0.3 is 0 Å². The Morgan fingerprint density at radius 2 is 0.448 bits per heavy atom. The zero-order valence-electron chi connectivity index (χ0n) is 35.1. The van der Waals surface area contributed by atoms with Gasteiger partial charge < -0.3 is 64.6 Å². The molecule has 0 saturated carbocycles. The molecule has 23 heteroatoms. The third-order valence-electron chi connectivity index (χ3n) is 8.45. The first-order valence-electron chi connectivity index (χ1n) is 18.7. The highest BCUT2D eigenvalue weighted by Crippen LogP contribution is 2.02. The predicted molar refractivity (Wildman–Crippen MR) is 208 cm³/mol. The monoisotopic (exact) mass is 826 g/mol. The fourth-order valence-corrected chi connectivity index (χ4v) is 4.49. The van der Waals surface area contributed by atoms with Crippen LogP contribution in [0, 0.1) is 5.92 Å². The van der Waals surface area contributed by atoms with E-state index in [0.29, 0.717) is 0 Å². The van der Waals surface area contributed by atoms with Crippen molar-refractivity contribution in [2.24, 2.45) is 17.4 Å². The Labute approximate surface area is 337 Å². The third-order valence-corrected chi connectivity index (χ3v) is 8.45. The van der Waals surface area contributed by atoms with Crippen LogP contribution < -0.4 is 64.6 Å². The molecule has 0 aromatic heterocycles. The van der Waals surface area contributed by atoms with E-state index in [9.17, 15) is 52.7 Å². The molecule has 0 aliphatic carbocycles. The Bertz CT molecular complexity index is 1560. The molecule has 0 heterocycles. The van der Waals surface area contributed by atoms with Gasteiger partial charge in [0.25, 0.3) is 0 Å². The van der Waals surface area contributed by atoms with E-state index in [2.05, 4.69) is 53.2 Å². The van der Waals surface area contributed by atoms with Crippen LogP contribution in [0.3, 0.4) is 0 Å². The first-order chi connectivity index (χ1) is 26.6. The highest BCUT2D eigenvalue weighted by molar-refractivity contribution is 5.98. The SMILES string of the molecule is CC(C)[C@H](NC(=O)[C@H](C)NC(=O)[C@H](C)NC(=O)[C@H](C)NC(=O)[C@H](C)NC(=O)[C@H](C)NC(=O)[C@H](C)NC(=O)[C@H](C)NC(=O)[C@H](C)NC(=O)[C@H](C)NC(=O)[C@H](C)N)C(N)=O. The van der Waals surface area contributed by atoms with Crippen LogP contribution in [-0.4, -0.2) is 131 Å². The molecular weight excluding hydrogens is 764 g/mol. The first kappa shape index (κ1) is 52.1. The van der Waals surface area contributed by atoms with Crippen molar-refractivity contribution < 1.29 is 52.7 Å². The van der Waals surface area contributed by atoms with Gasteiger partial charge in [0.15, 0.2) is 0 Å². The van der Waals surface area contributed by atoms with Crippen molar-refractivity contribution in [2.45, 2.75) is 150 Å². The summed E-state index contributed by atoms with van der Waals surface area (Å²) in [4.78, 5) is 137. The maximum absolute atomic E-state index is 12.8. The van der Waals surface area contributed by atoms with Crippen LogP contribution >= 0.6 is 0 Å². The Kier molecular flexibility index (Phi) is 21.6. The Morgan fingerprint density at radius 1 is 0.293 bits per heavy atom. The quantitative estimate of drug-likeness (QED) is 0.0487. The van der Waals surface area contributed by atoms with Crippen LogP contribution in [0.2, 0.25) is 0 Å². The second-order valence-electron chi connectivity index (χ2n) is 14.5. The maximum Gasteiger partial charge on any atom is 0.242 e. The van der Waals surface area contributed by atoms with E-state index in [1.54, 1.807) is 13.8 Å². The number of hydrogen-bond donors (Lipinski definition) is 12. The van der Waals surface area contributed by atoms with Crippen molar-refractivity contribution in [3.8, 4) is 0 Å². The van der Waals surface area contributed by atoms with Gasteiger partial charge in [-0.3, -0.25) is 52.7 Å². The molecule has 0 spiro atoms. The summed E-state index contributed by atoms with van der Waals surface area (Å²) in [6.07, 6.45) is 0. The van der Waals surface area contributed by atoms with Crippen LogP contribution in [0.5, 0.6) is 0 Å². The van der Waals surface area contributed by atoms with Crippen molar-refractivity contribution in [2.75, 3.05) is 0 Å². The number of hydrogen-bond acceptors (Lipinski definition) is 12. The molecule has 58 heavy (non-hydrogen) atoms. The highest BCUT2D eigenvalue weighted by Gasteiger charge is 2.30. The molecule has 328 valence electrons. The number of primary amides is 1. The van der Waals surface area contributed by atoms with Crippen LogP contribution in [0.1, 0.15) is 83.1 Å². The second kappa shape index (κ2) is 24.0. The zero-order valence-corrected chi connectivity index (χ0v) is 35.1. The van der Waals surface area contributed by atoms with Gasteiger partial charge in [-0.25, -0.2) is 0 Å². The van der Waals surface area contributed by atoms with E-state index in [1.807, 2.05) is 0 Å². The summed E-state index contributed by atoms with van der Waals surface area (Å²) in [6.45, 7) is 16.9. The Hall–Kier alpha value is -5.87. The fraction of sp³-hybridized carbons (Fsp3) is 0.686. The number of nitrogens with two attached hydrogens (primary N) is 2. The van der Waals surface area contributed by atoms with E-state index >= 15 is 0 Å². The molecule has 0 aliphatic rings. The Morgan fingerprint density at radius 3 is 0.586 bits per heavy atom. The van der Waals surface area contributed by atoms with Gasteiger partial charge in [-0.05, 0) is 75.2 Å². The molecule has 0 rings (SSSR count). The van der Waals surface area contributed by atoms with Crippen molar-refractivity contribution in [1.82, 2.24) is 53.2 Å². The van der Waals surface area contributed by atoms with E-state index in [4.69, 9.17) is 11.5 Å². The van der Waals surface area contributed by atoms with E-state index < -0.39 is 131 Å². The van der Waals surface area contributed by atoms with Crippen molar-refractivity contribution in [1.29, 1.82) is 0 Å². The molecule has 14 N–H and O–H groups in total. The van der Waals surface area contributed by atoms with E-state index in [1.165, 1.54) is 69.2 Å². The van der Waals surface area contributed by atoms with Crippen molar-refractivity contribution >= 4 is 65.0 Å². The summed E-state index contributed by atoms with van der Waals surface area (Å²) < 4.78 is 0.